The van der Waals surface area contributed by atoms with Gasteiger partial charge in [0.15, 0.2) is 11.5 Å². The second kappa shape index (κ2) is 8.40. The van der Waals surface area contributed by atoms with Gasteiger partial charge in [-0.2, -0.15) is 18.3 Å². The number of halogens is 4. The van der Waals surface area contributed by atoms with E-state index in [4.69, 9.17) is 10.5 Å². The molecule has 0 amide bonds. The Kier molecular flexibility index (Phi) is 5.65. The van der Waals surface area contributed by atoms with E-state index in [-0.39, 0.29) is 29.0 Å². The van der Waals surface area contributed by atoms with Crippen LogP contribution in [0.2, 0.25) is 0 Å². The average Bonchev–Trinajstić information content (AvgIpc) is 3.26. The molecule has 0 radical (unpaired) electrons. The summed E-state index contributed by atoms with van der Waals surface area (Å²) < 4.78 is 59.7. The monoisotopic (exact) mass is 435 g/mol. The molecule has 1 aliphatic heterocycles. The van der Waals surface area contributed by atoms with E-state index in [9.17, 15) is 17.6 Å². The Morgan fingerprint density at radius 3 is 2.81 bits per heavy atom. The molecule has 162 valence electrons. The summed E-state index contributed by atoms with van der Waals surface area (Å²) in [5, 5.41) is 7.11. The first-order valence-electron chi connectivity index (χ1n) is 9.22. The van der Waals surface area contributed by atoms with Crippen LogP contribution in [0, 0.1) is 5.82 Å². The van der Waals surface area contributed by atoms with Gasteiger partial charge in [-0.25, -0.2) is 19.0 Å². The number of nitrogens with two attached hydrogens (primary N) is 1. The van der Waals surface area contributed by atoms with Gasteiger partial charge in [-0.3, -0.25) is 4.98 Å². The first-order valence-corrected chi connectivity index (χ1v) is 9.22. The Morgan fingerprint density at radius 1 is 1.26 bits per heavy atom. The zero-order valence-electron chi connectivity index (χ0n) is 16.0. The number of aromatic nitrogens is 4. The maximum absolute atomic E-state index is 14.5. The summed E-state index contributed by atoms with van der Waals surface area (Å²) in [6.45, 7) is 1.87. The molecule has 8 nitrogen and oxygen atoms in total. The van der Waals surface area contributed by atoms with Crippen molar-refractivity contribution >= 4 is 11.5 Å². The number of hydrogen-bond donors (Lipinski definition) is 2. The van der Waals surface area contributed by atoms with Crippen LogP contribution in [0.15, 0.2) is 48.0 Å². The van der Waals surface area contributed by atoms with Gasteiger partial charge < -0.3 is 15.8 Å². The van der Waals surface area contributed by atoms with Crippen LogP contribution in [0.5, 0.6) is 0 Å². The van der Waals surface area contributed by atoms with Crippen molar-refractivity contribution < 1.29 is 22.3 Å². The maximum atomic E-state index is 14.5. The quantitative estimate of drug-likeness (QED) is 0.371. The molecular weight excluding hydrogens is 418 g/mol. The van der Waals surface area contributed by atoms with Gasteiger partial charge in [0.25, 0.3) is 0 Å². The lowest BCUT2D eigenvalue weighted by atomic mass is 10.1. The molecule has 0 aliphatic carbocycles. The normalized spacial score (nSPS) is 17.7. The third kappa shape index (κ3) is 4.70. The van der Waals surface area contributed by atoms with Crippen LogP contribution in [0.3, 0.4) is 0 Å². The van der Waals surface area contributed by atoms with Crippen LogP contribution in [-0.2, 0) is 10.9 Å². The Morgan fingerprint density at radius 2 is 2.10 bits per heavy atom. The highest BCUT2D eigenvalue weighted by atomic mass is 19.4. The lowest BCUT2D eigenvalue weighted by Gasteiger charge is -2.24. The number of nitrogens with zero attached hydrogens (tertiary/aromatic N) is 5. The molecule has 1 atom stereocenters. The van der Waals surface area contributed by atoms with Crippen molar-refractivity contribution in [2.24, 2.45) is 10.7 Å². The van der Waals surface area contributed by atoms with Gasteiger partial charge in [-0.05, 0) is 17.7 Å². The molecule has 0 saturated carbocycles. The summed E-state index contributed by atoms with van der Waals surface area (Å²) in [7, 11) is 0. The number of rotatable bonds is 4. The van der Waals surface area contributed by atoms with Crippen molar-refractivity contribution in [3.05, 3.63) is 65.6 Å². The van der Waals surface area contributed by atoms with Crippen LogP contribution < -0.4 is 11.1 Å². The minimum atomic E-state index is -4.64. The van der Waals surface area contributed by atoms with E-state index >= 15 is 0 Å². The lowest BCUT2D eigenvalue weighted by molar-refractivity contribution is -0.141. The third-order valence-corrected chi connectivity index (χ3v) is 4.54. The predicted octanol–water partition coefficient (Wildman–Crippen LogP) is 2.52. The van der Waals surface area contributed by atoms with E-state index < -0.39 is 17.7 Å². The molecule has 31 heavy (non-hydrogen) atoms. The van der Waals surface area contributed by atoms with E-state index in [2.05, 4.69) is 25.4 Å². The Bertz CT molecular complexity index is 1110. The van der Waals surface area contributed by atoms with E-state index in [1.807, 2.05) is 0 Å². The summed E-state index contributed by atoms with van der Waals surface area (Å²) in [6, 6.07) is 4.53. The fourth-order valence-corrected chi connectivity index (χ4v) is 2.97. The molecule has 1 aromatic carbocycles. The second-order valence-corrected chi connectivity index (χ2v) is 6.71. The number of benzene rings is 1. The molecule has 1 saturated heterocycles. The summed E-state index contributed by atoms with van der Waals surface area (Å²) >= 11 is 0. The smallest absolute Gasteiger partial charge is 0.383 e. The molecule has 12 heteroatoms. The van der Waals surface area contributed by atoms with Crippen LogP contribution in [0.25, 0.3) is 5.82 Å². The SMILES string of the molecule is NC(=Nc1ccc([C@H]2CNCCO2)cc1F)c1cnn(-c2cncc(C(F)(F)F)n2)c1. The highest BCUT2D eigenvalue weighted by Gasteiger charge is 2.33. The number of morpholine rings is 1. The van der Waals surface area contributed by atoms with E-state index in [1.165, 1.54) is 24.5 Å². The number of ether oxygens (including phenoxy) is 1. The minimum Gasteiger partial charge on any atom is -0.383 e. The van der Waals surface area contributed by atoms with Crippen molar-refractivity contribution in [1.82, 2.24) is 25.1 Å². The number of amidine groups is 1. The highest BCUT2D eigenvalue weighted by molar-refractivity contribution is 5.98. The largest absolute Gasteiger partial charge is 0.434 e. The topological polar surface area (TPSA) is 103 Å². The molecule has 4 rings (SSSR count). The Labute approximate surface area is 173 Å². The van der Waals surface area contributed by atoms with Crippen molar-refractivity contribution in [2.75, 3.05) is 19.7 Å². The molecule has 1 fully saturated rings. The fourth-order valence-electron chi connectivity index (χ4n) is 2.97. The number of nitrogens with one attached hydrogen (secondary N) is 1. The van der Waals surface area contributed by atoms with Crippen molar-refractivity contribution in [3.63, 3.8) is 0 Å². The van der Waals surface area contributed by atoms with Crippen LogP contribution in [-0.4, -0.2) is 45.3 Å². The van der Waals surface area contributed by atoms with Gasteiger partial charge in [0, 0.05) is 19.3 Å². The Hall–Kier alpha value is -3.38. The van der Waals surface area contributed by atoms with E-state index in [0.717, 1.165) is 17.4 Å². The first-order chi connectivity index (χ1) is 14.8. The molecule has 3 N–H and O–H groups in total. The molecule has 0 spiro atoms. The summed E-state index contributed by atoms with van der Waals surface area (Å²) in [5.74, 6) is -0.787. The molecule has 1 aliphatic rings. The van der Waals surface area contributed by atoms with E-state index in [0.29, 0.717) is 24.9 Å². The molecule has 3 aromatic rings. The zero-order valence-corrected chi connectivity index (χ0v) is 16.0. The van der Waals surface area contributed by atoms with Gasteiger partial charge >= 0.3 is 6.18 Å². The van der Waals surface area contributed by atoms with Gasteiger partial charge in [0.2, 0.25) is 0 Å². The van der Waals surface area contributed by atoms with Gasteiger partial charge in [0.05, 0.1) is 36.9 Å². The molecule has 0 unspecified atom stereocenters. The first kappa shape index (κ1) is 20.9. The van der Waals surface area contributed by atoms with Gasteiger partial charge in [-0.1, -0.05) is 6.07 Å². The van der Waals surface area contributed by atoms with Crippen molar-refractivity contribution in [2.45, 2.75) is 12.3 Å². The Balaban J connectivity index is 1.55. The second-order valence-electron chi connectivity index (χ2n) is 6.71. The number of aliphatic imine (C=N–C) groups is 1. The minimum absolute atomic E-state index is 0.0108. The fraction of sp³-hybridized carbons (Fsp3) is 0.263. The zero-order chi connectivity index (χ0) is 22.0. The van der Waals surface area contributed by atoms with Gasteiger partial charge in [0.1, 0.15) is 17.3 Å². The van der Waals surface area contributed by atoms with Crippen LogP contribution in [0.1, 0.15) is 22.9 Å². The summed E-state index contributed by atoms with van der Waals surface area (Å²) in [4.78, 5) is 11.1. The summed E-state index contributed by atoms with van der Waals surface area (Å²) in [5.41, 5.74) is 5.77. The molecule has 2 aromatic heterocycles. The molecule has 0 bridgehead atoms. The highest BCUT2D eigenvalue weighted by Crippen LogP contribution is 2.28. The van der Waals surface area contributed by atoms with Gasteiger partial charge in [-0.15, -0.1) is 0 Å². The lowest BCUT2D eigenvalue weighted by Crippen LogP contribution is -2.33. The van der Waals surface area contributed by atoms with Crippen LogP contribution in [0.4, 0.5) is 23.2 Å². The predicted molar refractivity (Wildman–Crippen MR) is 103 cm³/mol. The third-order valence-electron chi connectivity index (χ3n) is 4.54. The standard InChI is InChI=1S/C19H17F4N7O/c20-13-5-11(15-7-25-3-4-31-15)1-2-14(13)28-18(24)12-6-27-30(10-12)17-9-26-8-16(29-17)19(21,22)23/h1-2,5-6,8-10,15,25H,3-4,7H2,(H2,24,28)/t15-/m1/s1. The maximum Gasteiger partial charge on any atom is 0.434 e. The molecule has 3 heterocycles. The summed E-state index contributed by atoms with van der Waals surface area (Å²) in [6.07, 6.45) is -0.525. The van der Waals surface area contributed by atoms with Crippen molar-refractivity contribution in [1.29, 1.82) is 0 Å². The molecular formula is C19H17F4N7O. The number of alkyl halides is 3. The van der Waals surface area contributed by atoms with E-state index in [1.54, 1.807) is 6.07 Å². The average molecular weight is 435 g/mol. The van der Waals surface area contributed by atoms with Crippen molar-refractivity contribution in [3.8, 4) is 5.82 Å². The van der Waals surface area contributed by atoms with Crippen LogP contribution >= 0.6 is 0 Å². The number of hydrogen-bond acceptors (Lipinski definition) is 6.